The molecule has 544 valence electrons. The largest absolute Gasteiger partial charge is 1.00 e. The Kier molecular flexibility index (Phi) is 546. The predicted molar refractivity (Wildman–Crippen MR) is 300 cm³/mol. The molecule has 0 heterocycles. The number of hydrogen-bond acceptors (Lipinski definition) is 0. The molecule has 0 aliphatic carbocycles. The average molecular weight is 2240 g/mol. The molecule has 16 N–H and O–H groups in total. The van der Waals surface area contributed by atoms with Crippen molar-refractivity contribution in [3.05, 3.63) is 0 Å². The predicted octanol–water partition coefficient (Wildman–Crippen LogP) is -67.8. The lowest BCUT2D eigenvalue weighted by molar-refractivity contribution is -0.836. The van der Waals surface area contributed by atoms with Gasteiger partial charge >= 0.3 is 0 Å². The summed E-state index contributed by atoms with van der Waals surface area (Å²) in [5.41, 5.74) is 0. The Morgan fingerprint density at radius 2 is 0.0625 bits per heavy atom. The minimum absolute atomic E-state index is 0. The van der Waals surface area contributed by atoms with E-state index in [2.05, 4.69) is 338 Å². The van der Waals surface area contributed by atoms with Gasteiger partial charge in [-0.1, -0.05) is 0 Å². The van der Waals surface area contributed by atoms with Gasteiger partial charge in [-0.3, -0.25) is 0 Å². The van der Waals surface area contributed by atoms with Crippen LogP contribution in [0.15, 0.2) is 0 Å². The van der Waals surface area contributed by atoms with Crippen molar-refractivity contribution in [1.82, 2.24) is 0 Å². The number of halogens is 16. The summed E-state index contributed by atoms with van der Waals surface area (Å²) in [7, 11) is 100.0. The molecule has 32 heteroatoms. The second-order valence-electron chi connectivity index (χ2n) is 24.0. The van der Waals surface area contributed by atoms with Crippen molar-refractivity contribution in [3.63, 3.8) is 0 Å². The van der Waals surface area contributed by atoms with E-state index in [1.54, 1.807) is 0 Å². The maximum absolute atomic E-state index is 2.08. The first kappa shape index (κ1) is 213. The van der Waals surface area contributed by atoms with Crippen LogP contribution in [0.4, 0.5) is 0 Å². The monoisotopic (exact) mass is 2220 g/mol. The van der Waals surface area contributed by atoms with Gasteiger partial charge < -0.3 is 350 Å². The lowest BCUT2D eigenvalue weighted by Crippen LogP contribution is -3.02. The topological polar surface area (TPSA) is 71.0 Å². The first-order chi connectivity index (χ1) is 27.7. The van der Waals surface area contributed by atoms with Gasteiger partial charge in [-0.15, -0.1) is 0 Å². The third kappa shape index (κ3) is 12100. The van der Waals surface area contributed by atoms with Crippen molar-refractivity contribution in [3.8, 4) is 0 Å². The van der Waals surface area contributed by atoms with Crippen LogP contribution in [0.2, 0.25) is 0 Å². The summed E-state index contributed by atoms with van der Waals surface area (Å²) < 4.78 is 0. The minimum Gasteiger partial charge on any atom is -1.00 e. The highest BCUT2D eigenvalue weighted by Gasteiger charge is 1.67. The first-order valence-electron chi connectivity index (χ1n) is 24.0. The number of rotatable bonds is 0. The summed E-state index contributed by atoms with van der Waals surface area (Å²) in [6, 6.07) is 0. The lowest BCUT2D eigenvalue weighted by Gasteiger charge is -1.88. The Bertz CT molecular complexity index is 378. The van der Waals surface area contributed by atoms with Crippen LogP contribution in [0.3, 0.4) is 0 Å². The van der Waals surface area contributed by atoms with Crippen LogP contribution in [0.1, 0.15) is 0 Å². The van der Waals surface area contributed by atoms with Crippen molar-refractivity contribution in [2.24, 2.45) is 0 Å². The summed E-state index contributed by atoms with van der Waals surface area (Å²) in [5, 5.41) is 0. The van der Waals surface area contributed by atoms with Crippen LogP contribution < -0.4 is 350 Å². The zero-order valence-corrected chi connectivity index (χ0v) is 87.4. The molecule has 0 aliphatic heterocycles. The van der Waals surface area contributed by atoms with Gasteiger partial charge in [0.05, 0.1) is 338 Å². The molecule has 0 radical (unpaired) electrons. The molecule has 0 amide bonds. The molecule has 0 saturated heterocycles. The lowest BCUT2D eigenvalue weighted by atomic mass is 11.0. The highest BCUT2D eigenvalue weighted by atomic mass is 79.9. The highest BCUT2D eigenvalue weighted by molar-refractivity contribution is 3.65. The summed E-state index contributed by atoms with van der Waals surface area (Å²) >= 11 is 0. The van der Waals surface area contributed by atoms with E-state index in [0.717, 1.165) is 0 Å². The van der Waals surface area contributed by atoms with E-state index in [-0.39, 0.29) is 272 Å². The number of hydrogen-bond donors (Lipinski definition) is 16. The molecular weight excluding hydrogens is 2080 g/mol. The average Bonchev–Trinajstić information content (AvgIpc) is 2.83. The molecule has 0 aromatic carbocycles. The molecule has 0 atom stereocenters. The molecule has 0 bridgehead atoms. The summed E-state index contributed by atoms with van der Waals surface area (Å²) in [4.78, 5) is 22.7. The van der Waals surface area contributed by atoms with Gasteiger partial charge in [0.2, 0.25) is 0 Å². The summed E-state index contributed by atoms with van der Waals surface area (Å²) in [5.74, 6) is 0. The van der Waals surface area contributed by atoms with E-state index < -0.39 is 0 Å². The summed E-state index contributed by atoms with van der Waals surface area (Å²) in [6.07, 6.45) is 0. The Morgan fingerprint density at radius 1 is 0.0625 bits per heavy atom. The van der Waals surface area contributed by atoms with Crippen molar-refractivity contribution in [2.75, 3.05) is 338 Å². The summed E-state index contributed by atoms with van der Waals surface area (Å²) in [6.45, 7) is 0. The second-order valence-corrected chi connectivity index (χ2v) is 24.0. The quantitative estimate of drug-likeness (QED) is 0.114. The van der Waals surface area contributed by atoms with Gasteiger partial charge in [0, 0.05) is 0 Å². The van der Waals surface area contributed by atoms with Crippen LogP contribution >= 0.6 is 0 Å². The van der Waals surface area contributed by atoms with E-state index in [4.69, 9.17) is 0 Å². The van der Waals surface area contributed by atoms with Crippen LogP contribution in [-0.2, 0) is 0 Å². The van der Waals surface area contributed by atoms with Gasteiger partial charge in [-0.05, 0) is 0 Å². The first-order valence-corrected chi connectivity index (χ1v) is 24.0. The third-order valence-corrected chi connectivity index (χ3v) is 0. The second kappa shape index (κ2) is 205. The van der Waals surface area contributed by atoms with Crippen LogP contribution in [-0.4, -0.2) is 338 Å². The third-order valence-electron chi connectivity index (χ3n) is 0. The normalized spacial score (nSPS) is 7.20. The maximum Gasteiger partial charge on any atom is 0.0661 e. The zero-order valence-electron chi connectivity index (χ0n) is 62.0. The molecule has 0 rings (SSSR count). The van der Waals surface area contributed by atoms with Crippen molar-refractivity contribution in [1.29, 1.82) is 0 Å². The SMILES string of the molecule is C[NH+](C)C.C[NH+](C)C.C[NH+](C)C.C[NH+](C)C.C[NH+](C)C.C[NH+](C)C.C[NH+](C)C.C[NH+](C)C.C[NH+](C)C.C[NH+](C)C.C[NH+](C)C.C[NH+](C)C.C[NH+](C)C.C[NH+](C)C.C[NH+](C)C.C[NH+](C)C.[Br-].[Br-].[Br-].[Br-].[Br-].[Br-].[Br-].[Br-].[Br-].[Br-].[Br-].[Br-].[Br-].[Br-].[Br-].[Br-]. The van der Waals surface area contributed by atoms with E-state index in [1.165, 1.54) is 78.4 Å². The zero-order chi connectivity index (χ0) is 57.2. The van der Waals surface area contributed by atoms with E-state index >= 15 is 0 Å². The van der Waals surface area contributed by atoms with Crippen molar-refractivity contribution in [2.45, 2.75) is 0 Å². The standard InChI is InChI=1S/16C3H9N.16BrH/c16*1-4(2)3;;;;;;;;;;;;;;;;/h16*1-3H3;16*1H. The maximum atomic E-state index is 2.08. The molecule has 0 fully saturated rings. The van der Waals surface area contributed by atoms with Crippen LogP contribution in [0.25, 0.3) is 0 Å². The van der Waals surface area contributed by atoms with Gasteiger partial charge in [-0.2, -0.15) is 0 Å². The molecule has 16 nitrogen and oxygen atoms in total. The van der Waals surface area contributed by atoms with E-state index in [1.807, 2.05) is 0 Å². The Labute approximate surface area is 679 Å². The Morgan fingerprint density at radius 3 is 0.0625 bits per heavy atom. The van der Waals surface area contributed by atoms with Crippen molar-refractivity contribution < 1.29 is 350 Å². The number of nitrogens with one attached hydrogen (secondary N) is 16. The van der Waals surface area contributed by atoms with E-state index in [0.29, 0.717) is 0 Å². The van der Waals surface area contributed by atoms with Crippen LogP contribution in [0, 0.1) is 0 Å². The Hall–Kier alpha value is 7.04. The van der Waals surface area contributed by atoms with Crippen molar-refractivity contribution >= 4 is 0 Å². The fourth-order valence-corrected chi connectivity index (χ4v) is 0. The minimum atomic E-state index is 0. The Balaban J connectivity index is -0.0000000101. The highest BCUT2D eigenvalue weighted by Crippen LogP contribution is 0.925. The van der Waals surface area contributed by atoms with Gasteiger partial charge in [0.25, 0.3) is 0 Å². The van der Waals surface area contributed by atoms with E-state index in [9.17, 15) is 0 Å². The van der Waals surface area contributed by atoms with Gasteiger partial charge in [-0.25, -0.2) is 0 Å². The molecule has 0 saturated carbocycles. The van der Waals surface area contributed by atoms with Gasteiger partial charge in [0.1, 0.15) is 0 Å². The molecule has 0 aromatic rings. The molecule has 80 heavy (non-hydrogen) atoms. The molecule has 0 unspecified atom stereocenters. The molecule has 0 aromatic heterocycles. The molecule has 0 aliphatic rings. The van der Waals surface area contributed by atoms with Crippen LogP contribution in [0.5, 0.6) is 0 Å². The molecular formula is C48H160Br16N16. The number of quaternary nitrogens is 16. The van der Waals surface area contributed by atoms with Gasteiger partial charge in [0.15, 0.2) is 0 Å². The molecule has 0 spiro atoms. The smallest absolute Gasteiger partial charge is 0.0661 e. The fourth-order valence-electron chi connectivity index (χ4n) is 0. The fraction of sp³-hybridized carbons (Fsp3) is 1.00.